The van der Waals surface area contributed by atoms with Crippen LogP contribution in [0.2, 0.25) is 15.9 Å². The first-order chi connectivity index (χ1) is 1.73. The Bertz CT molecular complexity index is 11.6. The average molecular weight is 367 g/mol. The molecule has 0 fully saturated rings. The second kappa shape index (κ2) is 5.42. The Morgan fingerprint density at radius 1 is 1.00 bits per heavy atom. The zero-order valence-corrected chi connectivity index (χ0v) is 8.12. The second-order valence-electron chi connectivity index (χ2n) is 0.949. The molecule has 38 valence electrons. The maximum absolute atomic E-state index is 2.32. The van der Waals surface area contributed by atoms with Crippen molar-refractivity contribution < 1.29 is 41.3 Å². The molecule has 0 aromatic heterocycles. The molecule has 0 saturated heterocycles. The first kappa shape index (κ1) is 9.65. The van der Waals surface area contributed by atoms with Crippen molar-refractivity contribution in [2.75, 3.05) is 0 Å². The van der Waals surface area contributed by atoms with Crippen LogP contribution in [0.3, 0.4) is 0 Å². The van der Waals surface area contributed by atoms with Gasteiger partial charge >= 0.3 is 33.3 Å². The fourth-order valence-electron chi connectivity index (χ4n) is 0. The summed E-state index contributed by atoms with van der Waals surface area (Å²) >= 11 is -0.269. The van der Waals surface area contributed by atoms with Crippen molar-refractivity contribution in [3.05, 3.63) is 0 Å². The Balaban J connectivity index is 0. The van der Waals surface area contributed by atoms with Gasteiger partial charge in [0.25, 0.3) is 0 Å². The van der Waals surface area contributed by atoms with E-state index in [2.05, 4.69) is 15.9 Å². The maximum Gasteiger partial charge on any atom is -1.00 e. The molecule has 0 atom stereocenters. The third-order valence-electron chi connectivity index (χ3n) is 0. The van der Waals surface area contributed by atoms with Crippen LogP contribution in [-0.2, 0) is 17.3 Å². The summed E-state index contributed by atoms with van der Waals surface area (Å²) in [6.45, 7) is 0. The predicted octanol–water partition coefficient (Wildman–Crippen LogP) is -1.25. The standard InChI is InChI=1S/3CH3.HI.Pt/h3*1H3;1H;/q;;;;+1/p-1. The summed E-state index contributed by atoms with van der Waals surface area (Å²) < 4.78 is 0. The SMILES string of the molecule is [CH3][Pt+]([CH3])[CH3].[I-]. The molecule has 0 rings (SSSR count). The van der Waals surface area contributed by atoms with E-state index in [-0.39, 0.29) is 41.3 Å². The van der Waals surface area contributed by atoms with Crippen molar-refractivity contribution in [1.82, 2.24) is 0 Å². The van der Waals surface area contributed by atoms with Crippen molar-refractivity contribution in [2.24, 2.45) is 0 Å². The van der Waals surface area contributed by atoms with Gasteiger partial charge in [0.1, 0.15) is 0 Å². The Hall–Kier alpha value is 1.42. The average Bonchev–Trinajstić information content (AvgIpc) is 0.811. The smallest absolute Gasteiger partial charge is 1.00 e. The summed E-state index contributed by atoms with van der Waals surface area (Å²) in [7, 11) is 0. The minimum atomic E-state index is -0.269. The van der Waals surface area contributed by atoms with Crippen LogP contribution in [0.5, 0.6) is 0 Å². The third kappa shape index (κ3) is 31.5. The molecule has 0 unspecified atom stereocenters. The Kier molecular flexibility index (Phi) is 10.5. The molecule has 0 amide bonds. The van der Waals surface area contributed by atoms with Gasteiger partial charge in [-0.2, -0.15) is 0 Å². The van der Waals surface area contributed by atoms with Crippen molar-refractivity contribution in [3.63, 3.8) is 0 Å². The number of hydrogen-bond donors (Lipinski definition) is 0. The van der Waals surface area contributed by atoms with Gasteiger partial charge < -0.3 is 24.0 Å². The normalized spacial score (nSPS) is 9.00. The van der Waals surface area contributed by atoms with Gasteiger partial charge in [-0.25, -0.2) is 0 Å². The Morgan fingerprint density at radius 3 is 1.00 bits per heavy atom. The number of halogens is 1. The van der Waals surface area contributed by atoms with Gasteiger partial charge in [-0.1, -0.05) is 0 Å². The quantitative estimate of drug-likeness (QED) is 0.470. The third-order valence-corrected chi connectivity index (χ3v) is 0. The van der Waals surface area contributed by atoms with Crippen molar-refractivity contribution in [3.8, 4) is 0 Å². The molecule has 0 radical (unpaired) electrons. The summed E-state index contributed by atoms with van der Waals surface area (Å²) in [5.74, 6) is 0. The van der Waals surface area contributed by atoms with Gasteiger partial charge in [0.2, 0.25) is 0 Å². The van der Waals surface area contributed by atoms with Crippen molar-refractivity contribution in [2.45, 2.75) is 15.9 Å². The predicted molar refractivity (Wildman–Crippen MR) is 17.6 cm³/mol. The first-order valence-electron chi connectivity index (χ1n) is 0.949. The van der Waals surface area contributed by atoms with Crippen LogP contribution in [0.1, 0.15) is 0 Å². The molecule has 5 heavy (non-hydrogen) atoms. The molecule has 0 bridgehead atoms. The summed E-state index contributed by atoms with van der Waals surface area (Å²) in [6, 6.07) is 0. The molecule has 0 aromatic rings. The van der Waals surface area contributed by atoms with Crippen LogP contribution in [0, 0.1) is 0 Å². The first-order valence-corrected chi connectivity index (χ1v) is 7.77. The fraction of sp³-hybridized carbons (Fsp3) is 1.00. The molecule has 0 heterocycles. The maximum atomic E-state index is 2.32. The minimum absolute atomic E-state index is 0. The van der Waals surface area contributed by atoms with Crippen molar-refractivity contribution >= 4 is 0 Å². The van der Waals surface area contributed by atoms with E-state index < -0.39 is 0 Å². The van der Waals surface area contributed by atoms with Gasteiger partial charge in [0.05, 0.1) is 0 Å². The zero-order valence-electron chi connectivity index (χ0n) is 3.69. The van der Waals surface area contributed by atoms with E-state index in [1.165, 1.54) is 0 Å². The van der Waals surface area contributed by atoms with Crippen molar-refractivity contribution in [1.29, 1.82) is 0 Å². The van der Waals surface area contributed by atoms with E-state index in [9.17, 15) is 0 Å². The summed E-state index contributed by atoms with van der Waals surface area (Å²) in [4.78, 5) is 0. The van der Waals surface area contributed by atoms with Gasteiger partial charge in [-0.3, -0.25) is 0 Å². The van der Waals surface area contributed by atoms with Crippen LogP contribution in [0.4, 0.5) is 0 Å². The Labute approximate surface area is 56.9 Å². The van der Waals surface area contributed by atoms with Crippen LogP contribution in [-0.4, -0.2) is 0 Å². The van der Waals surface area contributed by atoms with E-state index in [1.807, 2.05) is 0 Å². The van der Waals surface area contributed by atoms with E-state index in [0.29, 0.717) is 0 Å². The van der Waals surface area contributed by atoms with E-state index in [0.717, 1.165) is 0 Å². The number of rotatable bonds is 0. The molecule has 0 N–H and O–H groups in total. The summed E-state index contributed by atoms with van der Waals surface area (Å²) in [6.07, 6.45) is 0. The molecule has 2 heteroatoms. The van der Waals surface area contributed by atoms with E-state index >= 15 is 0 Å². The van der Waals surface area contributed by atoms with Crippen LogP contribution in [0.25, 0.3) is 0 Å². The van der Waals surface area contributed by atoms with Crippen LogP contribution >= 0.6 is 0 Å². The summed E-state index contributed by atoms with van der Waals surface area (Å²) in [5.41, 5.74) is 0. The monoisotopic (exact) mass is 367 g/mol. The summed E-state index contributed by atoms with van der Waals surface area (Å²) in [5, 5.41) is 6.97. The number of hydrogen-bond acceptors (Lipinski definition) is 0. The van der Waals surface area contributed by atoms with Gasteiger partial charge in [-0.15, -0.1) is 0 Å². The van der Waals surface area contributed by atoms with Gasteiger partial charge in [0, 0.05) is 0 Å². The van der Waals surface area contributed by atoms with Gasteiger partial charge in [-0.05, 0) is 0 Å². The molecule has 0 saturated carbocycles. The minimum Gasteiger partial charge on any atom is -1.00 e. The molecular formula is C3H9IPt. The fourth-order valence-corrected chi connectivity index (χ4v) is 0. The molecule has 0 aliphatic carbocycles. The molecule has 0 nitrogen and oxygen atoms in total. The van der Waals surface area contributed by atoms with Crippen LogP contribution in [0.15, 0.2) is 0 Å². The van der Waals surface area contributed by atoms with Crippen LogP contribution < -0.4 is 24.0 Å². The molecular weight excluding hydrogens is 358 g/mol. The molecule has 0 spiro atoms. The van der Waals surface area contributed by atoms with E-state index in [4.69, 9.17) is 0 Å². The largest absolute Gasteiger partial charge is 1.00 e. The Morgan fingerprint density at radius 2 is 1.00 bits per heavy atom. The van der Waals surface area contributed by atoms with E-state index in [1.54, 1.807) is 0 Å². The molecule has 0 aromatic carbocycles. The second-order valence-corrected chi connectivity index (χ2v) is 7.77. The topological polar surface area (TPSA) is 0 Å². The van der Waals surface area contributed by atoms with Gasteiger partial charge in [0.15, 0.2) is 0 Å². The molecule has 0 aliphatic rings. The zero-order chi connectivity index (χ0) is 3.58. The molecule has 0 aliphatic heterocycles.